The van der Waals surface area contributed by atoms with Crippen LogP contribution < -0.4 is 5.32 Å². The van der Waals surface area contributed by atoms with E-state index in [0.29, 0.717) is 25.1 Å². The van der Waals surface area contributed by atoms with Gasteiger partial charge in [0.25, 0.3) is 0 Å². The van der Waals surface area contributed by atoms with Crippen LogP contribution in [0, 0.1) is 0 Å². The van der Waals surface area contributed by atoms with E-state index in [4.69, 9.17) is 4.74 Å². The van der Waals surface area contributed by atoms with Crippen LogP contribution in [0.1, 0.15) is 18.0 Å². The van der Waals surface area contributed by atoms with E-state index in [1.165, 1.54) is 7.05 Å². The number of ether oxygens (including phenoxy) is 1. The molecule has 21 heavy (non-hydrogen) atoms. The Bertz CT molecular complexity index is 545. The molecule has 0 spiro atoms. The minimum Gasteiger partial charge on any atom is -0.385 e. The third-order valence-electron chi connectivity index (χ3n) is 3.07. The lowest BCUT2D eigenvalue weighted by molar-refractivity contribution is -0.124. The van der Waals surface area contributed by atoms with Crippen LogP contribution in [0.2, 0.25) is 0 Å². The molecule has 0 aliphatic heterocycles. The SMILES string of the molecule is COCCCNC(=O)C(c1ccccc1)N(C)S(C)(=O)=O. The van der Waals surface area contributed by atoms with Crippen molar-refractivity contribution in [2.24, 2.45) is 0 Å². The zero-order chi connectivity index (χ0) is 15.9. The third kappa shape index (κ3) is 5.45. The average Bonchev–Trinajstić information content (AvgIpc) is 2.44. The molecule has 1 aromatic carbocycles. The summed E-state index contributed by atoms with van der Waals surface area (Å²) in [6.07, 6.45) is 1.76. The number of nitrogens with zero attached hydrogens (tertiary/aromatic N) is 1. The van der Waals surface area contributed by atoms with Crippen molar-refractivity contribution < 1.29 is 17.9 Å². The number of hydrogen-bond acceptors (Lipinski definition) is 4. The van der Waals surface area contributed by atoms with Gasteiger partial charge in [0.1, 0.15) is 6.04 Å². The van der Waals surface area contributed by atoms with Crippen LogP contribution in [0.3, 0.4) is 0 Å². The molecule has 1 amide bonds. The number of amides is 1. The fraction of sp³-hybridized carbons (Fsp3) is 0.500. The van der Waals surface area contributed by atoms with Crippen LogP contribution in [0.25, 0.3) is 0 Å². The normalized spacial score (nSPS) is 13.1. The van der Waals surface area contributed by atoms with Gasteiger partial charge < -0.3 is 10.1 Å². The highest BCUT2D eigenvalue weighted by Crippen LogP contribution is 2.21. The molecule has 118 valence electrons. The molecule has 0 radical (unpaired) electrons. The van der Waals surface area contributed by atoms with E-state index in [-0.39, 0.29) is 5.91 Å². The van der Waals surface area contributed by atoms with Gasteiger partial charge in [-0.2, -0.15) is 4.31 Å². The van der Waals surface area contributed by atoms with Gasteiger partial charge in [0.05, 0.1) is 6.26 Å². The van der Waals surface area contributed by atoms with Gasteiger partial charge in [0.2, 0.25) is 15.9 Å². The first-order valence-electron chi connectivity index (χ1n) is 6.62. The van der Waals surface area contributed by atoms with Crippen molar-refractivity contribution in [3.05, 3.63) is 35.9 Å². The Balaban J connectivity index is 2.90. The molecule has 6 nitrogen and oxygen atoms in total. The zero-order valence-corrected chi connectivity index (χ0v) is 13.4. The van der Waals surface area contributed by atoms with Crippen molar-refractivity contribution in [2.45, 2.75) is 12.5 Å². The maximum atomic E-state index is 12.3. The minimum absolute atomic E-state index is 0.342. The van der Waals surface area contributed by atoms with E-state index in [1.807, 2.05) is 6.07 Å². The first-order valence-corrected chi connectivity index (χ1v) is 8.47. The molecule has 0 saturated heterocycles. The highest BCUT2D eigenvalue weighted by atomic mass is 32.2. The molecule has 0 heterocycles. The summed E-state index contributed by atoms with van der Waals surface area (Å²) in [5.41, 5.74) is 0.634. The van der Waals surface area contributed by atoms with Gasteiger partial charge in [0.15, 0.2) is 0 Å². The second kappa shape index (κ2) is 8.11. The van der Waals surface area contributed by atoms with Gasteiger partial charge in [-0.3, -0.25) is 4.79 Å². The molecule has 7 heteroatoms. The summed E-state index contributed by atoms with van der Waals surface area (Å²) in [7, 11) is -0.489. The zero-order valence-electron chi connectivity index (χ0n) is 12.6. The molecule has 0 bridgehead atoms. The standard InChI is InChI=1S/C14H22N2O4S/c1-16(21(3,18)19)13(12-8-5-4-6-9-12)14(17)15-10-7-11-20-2/h4-6,8-9,13H,7,10-11H2,1-3H3,(H,15,17). The number of sulfonamides is 1. The van der Waals surface area contributed by atoms with Crippen molar-refractivity contribution in [1.29, 1.82) is 0 Å². The van der Waals surface area contributed by atoms with Gasteiger partial charge in [-0.25, -0.2) is 8.42 Å². The lowest BCUT2D eigenvalue weighted by Gasteiger charge is -2.25. The Morgan fingerprint density at radius 3 is 2.48 bits per heavy atom. The number of likely N-dealkylation sites (N-methyl/N-ethyl adjacent to an activating group) is 1. The van der Waals surface area contributed by atoms with Crippen molar-refractivity contribution in [3.8, 4) is 0 Å². The summed E-state index contributed by atoms with van der Waals surface area (Å²) in [4.78, 5) is 12.3. The molecular formula is C14H22N2O4S. The second-order valence-corrected chi connectivity index (χ2v) is 6.77. The molecule has 1 unspecified atom stereocenters. The van der Waals surface area contributed by atoms with E-state index in [2.05, 4.69) is 5.32 Å². The monoisotopic (exact) mass is 314 g/mol. The Morgan fingerprint density at radius 2 is 1.95 bits per heavy atom. The highest BCUT2D eigenvalue weighted by molar-refractivity contribution is 7.88. The van der Waals surface area contributed by atoms with Crippen LogP contribution in [0.15, 0.2) is 30.3 Å². The van der Waals surface area contributed by atoms with Gasteiger partial charge >= 0.3 is 0 Å². The Labute approximate surface area is 126 Å². The Hall–Kier alpha value is -1.44. The fourth-order valence-corrected chi connectivity index (χ4v) is 2.48. The number of benzene rings is 1. The van der Waals surface area contributed by atoms with Crippen LogP contribution in [0.4, 0.5) is 0 Å². The summed E-state index contributed by atoms with van der Waals surface area (Å²) in [6, 6.07) is 7.97. The van der Waals surface area contributed by atoms with Gasteiger partial charge in [-0.05, 0) is 12.0 Å². The number of carbonyl (C=O) groups is 1. The molecule has 0 aromatic heterocycles. The number of nitrogens with one attached hydrogen (secondary N) is 1. The van der Waals surface area contributed by atoms with E-state index < -0.39 is 16.1 Å². The molecule has 0 aliphatic rings. The predicted octanol–water partition coefficient (Wildman–Crippen LogP) is 0.772. The first kappa shape index (κ1) is 17.6. The smallest absolute Gasteiger partial charge is 0.242 e. The molecular weight excluding hydrogens is 292 g/mol. The molecule has 0 fully saturated rings. The molecule has 1 atom stereocenters. The lowest BCUT2D eigenvalue weighted by atomic mass is 10.1. The molecule has 1 N–H and O–H groups in total. The summed E-state index contributed by atoms with van der Waals surface area (Å²) in [5, 5.41) is 2.74. The summed E-state index contributed by atoms with van der Waals surface area (Å²) < 4.78 is 29.5. The minimum atomic E-state index is -3.48. The molecule has 0 saturated carbocycles. The van der Waals surface area contributed by atoms with Gasteiger partial charge in [-0.1, -0.05) is 30.3 Å². The molecule has 1 rings (SSSR count). The summed E-state index contributed by atoms with van der Waals surface area (Å²) in [5.74, 6) is -0.342. The van der Waals surface area contributed by atoms with Crippen molar-refractivity contribution in [1.82, 2.24) is 9.62 Å². The third-order valence-corrected chi connectivity index (χ3v) is 4.33. The van der Waals surface area contributed by atoms with Crippen LogP contribution in [-0.2, 0) is 19.6 Å². The maximum absolute atomic E-state index is 12.3. The fourth-order valence-electron chi connectivity index (χ4n) is 1.88. The second-order valence-electron chi connectivity index (χ2n) is 4.73. The highest BCUT2D eigenvalue weighted by Gasteiger charge is 2.30. The van der Waals surface area contributed by atoms with E-state index in [0.717, 1.165) is 10.6 Å². The largest absolute Gasteiger partial charge is 0.385 e. The van der Waals surface area contributed by atoms with Crippen molar-refractivity contribution >= 4 is 15.9 Å². The maximum Gasteiger partial charge on any atom is 0.242 e. The summed E-state index contributed by atoms with van der Waals surface area (Å²) >= 11 is 0. The predicted molar refractivity (Wildman–Crippen MR) is 81.3 cm³/mol. The van der Waals surface area contributed by atoms with Crippen LogP contribution in [-0.4, -0.2) is 52.2 Å². The molecule has 1 aromatic rings. The lowest BCUT2D eigenvalue weighted by Crippen LogP contribution is -2.41. The van der Waals surface area contributed by atoms with Gasteiger partial charge in [0, 0.05) is 27.3 Å². The number of hydrogen-bond donors (Lipinski definition) is 1. The van der Waals surface area contributed by atoms with Gasteiger partial charge in [-0.15, -0.1) is 0 Å². The Kier molecular flexibility index (Phi) is 6.80. The first-order chi connectivity index (χ1) is 9.88. The van der Waals surface area contributed by atoms with Crippen molar-refractivity contribution in [2.75, 3.05) is 33.6 Å². The Morgan fingerprint density at radius 1 is 1.33 bits per heavy atom. The van der Waals surface area contributed by atoms with Crippen LogP contribution >= 0.6 is 0 Å². The van der Waals surface area contributed by atoms with E-state index in [1.54, 1.807) is 31.4 Å². The summed E-state index contributed by atoms with van der Waals surface area (Å²) in [6.45, 7) is 0.978. The van der Waals surface area contributed by atoms with E-state index >= 15 is 0 Å². The topological polar surface area (TPSA) is 75.7 Å². The van der Waals surface area contributed by atoms with Crippen molar-refractivity contribution in [3.63, 3.8) is 0 Å². The molecule has 0 aliphatic carbocycles. The van der Waals surface area contributed by atoms with E-state index in [9.17, 15) is 13.2 Å². The number of rotatable bonds is 8. The average molecular weight is 314 g/mol. The van der Waals surface area contributed by atoms with Crippen LogP contribution in [0.5, 0.6) is 0 Å². The number of methoxy groups -OCH3 is 1. The quantitative estimate of drug-likeness (QED) is 0.719. The number of carbonyl (C=O) groups excluding carboxylic acids is 1.